The number of nitrogens with one attached hydrogen (secondary N) is 1. The van der Waals surface area contributed by atoms with Gasteiger partial charge < -0.3 is 15.1 Å². The van der Waals surface area contributed by atoms with Gasteiger partial charge in [0.1, 0.15) is 0 Å². The van der Waals surface area contributed by atoms with Gasteiger partial charge in [0.05, 0.1) is 0 Å². The maximum absolute atomic E-state index is 12.5. The van der Waals surface area contributed by atoms with E-state index in [2.05, 4.69) is 43.5 Å². The second-order valence-corrected chi connectivity index (χ2v) is 8.35. The Kier molecular flexibility index (Phi) is 6.45. The molecule has 4 rings (SSSR count). The summed E-state index contributed by atoms with van der Waals surface area (Å²) in [5, 5.41) is 12.0. The van der Waals surface area contributed by atoms with Crippen LogP contribution in [0.25, 0.3) is 0 Å². The van der Waals surface area contributed by atoms with Crippen molar-refractivity contribution in [2.24, 2.45) is 5.92 Å². The molecule has 0 spiro atoms. The van der Waals surface area contributed by atoms with Gasteiger partial charge >= 0.3 is 0 Å². The first kappa shape index (κ1) is 19.2. The molecule has 0 atom stereocenters. The molecular weight excluding hydrogens is 350 g/mol. The lowest BCUT2D eigenvalue weighted by Gasteiger charge is -2.32. The quantitative estimate of drug-likeness (QED) is 0.764. The summed E-state index contributed by atoms with van der Waals surface area (Å²) in [6, 6.07) is 4.17. The molecule has 6 nitrogen and oxygen atoms in total. The lowest BCUT2D eigenvalue weighted by molar-refractivity contribution is -0.125. The molecule has 3 heterocycles. The van der Waals surface area contributed by atoms with Gasteiger partial charge in [-0.15, -0.1) is 10.2 Å². The zero-order chi connectivity index (χ0) is 19.2. The molecule has 2 fully saturated rings. The Bertz CT molecular complexity index is 673. The lowest BCUT2D eigenvalue weighted by atomic mass is 9.95. The molecule has 0 aromatic carbocycles. The Labute approximate surface area is 168 Å². The number of allylic oxidation sites excluding steroid dienone is 1. The number of hydrogen-bond donors (Lipinski definition) is 1. The van der Waals surface area contributed by atoms with E-state index >= 15 is 0 Å². The van der Waals surface area contributed by atoms with Gasteiger partial charge in [-0.1, -0.05) is 11.6 Å². The fourth-order valence-corrected chi connectivity index (χ4v) is 4.59. The summed E-state index contributed by atoms with van der Waals surface area (Å²) in [4.78, 5) is 17.1. The zero-order valence-corrected chi connectivity index (χ0v) is 16.9. The van der Waals surface area contributed by atoms with Gasteiger partial charge in [0.25, 0.3) is 0 Å². The summed E-state index contributed by atoms with van der Waals surface area (Å²) in [7, 11) is 0. The highest BCUT2D eigenvalue weighted by atomic mass is 16.1. The minimum atomic E-state index is 0.133. The Morgan fingerprint density at radius 2 is 1.64 bits per heavy atom. The van der Waals surface area contributed by atoms with E-state index in [0.29, 0.717) is 0 Å². The van der Waals surface area contributed by atoms with Crippen molar-refractivity contribution >= 4 is 17.5 Å². The van der Waals surface area contributed by atoms with Gasteiger partial charge in [0.2, 0.25) is 5.91 Å². The number of nitrogens with zero attached hydrogens (tertiary/aromatic N) is 4. The van der Waals surface area contributed by atoms with Crippen molar-refractivity contribution in [2.45, 2.75) is 57.8 Å². The number of piperidine rings is 1. The van der Waals surface area contributed by atoms with Crippen LogP contribution in [0.15, 0.2) is 23.8 Å². The Morgan fingerprint density at radius 1 is 0.964 bits per heavy atom. The van der Waals surface area contributed by atoms with E-state index in [1.54, 1.807) is 0 Å². The number of carbonyl (C=O) groups excluding carboxylic acids is 1. The number of aromatic nitrogens is 2. The third kappa shape index (κ3) is 4.83. The fraction of sp³-hybridized carbons (Fsp3) is 0.682. The third-order valence-corrected chi connectivity index (χ3v) is 6.39. The molecule has 3 aliphatic rings. The molecule has 1 aromatic rings. The van der Waals surface area contributed by atoms with Crippen LogP contribution in [-0.2, 0) is 4.79 Å². The monoisotopic (exact) mass is 383 g/mol. The summed E-state index contributed by atoms with van der Waals surface area (Å²) in [5.41, 5.74) is 1.53. The van der Waals surface area contributed by atoms with E-state index < -0.39 is 0 Å². The normalized spacial score (nSPS) is 20.9. The smallest absolute Gasteiger partial charge is 0.223 e. The van der Waals surface area contributed by atoms with E-state index in [1.807, 2.05) is 0 Å². The van der Waals surface area contributed by atoms with Crippen molar-refractivity contribution in [3.8, 4) is 0 Å². The first-order valence-corrected chi connectivity index (χ1v) is 11.1. The Balaban J connectivity index is 1.20. The van der Waals surface area contributed by atoms with E-state index in [0.717, 1.165) is 63.6 Å². The standard InChI is InChI=1S/C22H33N5O/c28-22(23-13-10-18-6-2-1-3-7-18)19-11-16-27(17-12-19)21-9-8-20(24-25-21)26-14-4-5-15-26/h6,8-9,19H,1-5,7,10-17H2,(H,23,28). The first-order valence-electron chi connectivity index (χ1n) is 11.1. The molecule has 0 unspecified atom stereocenters. The van der Waals surface area contributed by atoms with Gasteiger partial charge in [-0.05, 0) is 69.9 Å². The van der Waals surface area contributed by atoms with Crippen molar-refractivity contribution in [1.82, 2.24) is 15.5 Å². The van der Waals surface area contributed by atoms with Gasteiger partial charge in [-0.3, -0.25) is 4.79 Å². The molecule has 0 bridgehead atoms. The molecule has 2 aliphatic heterocycles. The van der Waals surface area contributed by atoms with Gasteiger partial charge in [-0.2, -0.15) is 0 Å². The molecule has 2 saturated heterocycles. The average molecular weight is 384 g/mol. The van der Waals surface area contributed by atoms with Gasteiger partial charge in [0.15, 0.2) is 11.6 Å². The van der Waals surface area contributed by atoms with E-state index in [-0.39, 0.29) is 11.8 Å². The fourth-order valence-electron chi connectivity index (χ4n) is 4.59. The molecule has 0 saturated carbocycles. The molecule has 0 radical (unpaired) electrons. The topological polar surface area (TPSA) is 61.4 Å². The summed E-state index contributed by atoms with van der Waals surface area (Å²) in [5.74, 6) is 2.29. The van der Waals surface area contributed by atoms with Crippen LogP contribution in [0.2, 0.25) is 0 Å². The largest absolute Gasteiger partial charge is 0.356 e. The summed E-state index contributed by atoms with van der Waals surface area (Å²) < 4.78 is 0. The van der Waals surface area contributed by atoms with Crippen molar-refractivity contribution < 1.29 is 4.79 Å². The summed E-state index contributed by atoms with van der Waals surface area (Å²) in [6.45, 7) is 4.72. The minimum absolute atomic E-state index is 0.133. The van der Waals surface area contributed by atoms with Crippen LogP contribution in [-0.4, -0.2) is 48.8 Å². The van der Waals surface area contributed by atoms with Crippen LogP contribution in [0.5, 0.6) is 0 Å². The Morgan fingerprint density at radius 3 is 2.25 bits per heavy atom. The highest BCUT2D eigenvalue weighted by Gasteiger charge is 2.26. The molecule has 152 valence electrons. The van der Waals surface area contributed by atoms with Crippen LogP contribution >= 0.6 is 0 Å². The molecule has 1 aromatic heterocycles. The second kappa shape index (κ2) is 9.39. The molecule has 1 aliphatic carbocycles. The van der Waals surface area contributed by atoms with Crippen molar-refractivity contribution in [2.75, 3.05) is 42.5 Å². The highest BCUT2D eigenvalue weighted by molar-refractivity contribution is 5.79. The maximum atomic E-state index is 12.5. The molecule has 6 heteroatoms. The number of rotatable bonds is 6. The molecule has 1 amide bonds. The predicted molar refractivity (Wildman–Crippen MR) is 113 cm³/mol. The van der Waals surface area contributed by atoms with Crippen molar-refractivity contribution in [3.63, 3.8) is 0 Å². The van der Waals surface area contributed by atoms with Crippen molar-refractivity contribution in [3.05, 3.63) is 23.8 Å². The van der Waals surface area contributed by atoms with Gasteiger partial charge in [-0.25, -0.2) is 0 Å². The van der Waals surface area contributed by atoms with E-state index in [1.165, 1.54) is 44.1 Å². The molecular formula is C22H33N5O. The minimum Gasteiger partial charge on any atom is -0.356 e. The van der Waals surface area contributed by atoms with Crippen LogP contribution in [0.4, 0.5) is 11.6 Å². The second-order valence-electron chi connectivity index (χ2n) is 8.35. The first-order chi connectivity index (χ1) is 13.8. The Hall–Kier alpha value is -2.11. The number of amides is 1. The predicted octanol–water partition coefficient (Wildman–Crippen LogP) is 3.30. The van der Waals surface area contributed by atoms with Crippen LogP contribution in [0.3, 0.4) is 0 Å². The van der Waals surface area contributed by atoms with E-state index in [9.17, 15) is 4.79 Å². The summed E-state index contributed by atoms with van der Waals surface area (Å²) >= 11 is 0. The molecule has 28 heavy (non-hydrogen) atoms. The van der Waals surface area contributed by atoms with Gasteiger partial charge in [0, 0.05) is 38.6 Å². The number of anilines is 2. The van der Waals surface area contributed by atoms with Crippen LogP contribution in [0, 0.1) is 5.92 Å². The SMILES string of the molecule is O=C(NCCC1=CCCCC1)C1CCN(c2ccc(N3CCCC3)nn2)CC1. The molecule has 1 N–H and O–H groups in total. The lowest BCUT2D eigenvalue weighted by Crippen LogP contribution is -2.41. The van der Waals surface area contributed by atoms with Crippen molar-refractivity contribution in [1.29, 1.82) is 0 Å². The summed E-state index contributed by atoms with van der Waals surface area (Å²) in [6.07, 6.45) is 12.7. The highest BCUT2D eigenvalue weighted by Crippen LogP contribution is 2.24. The number of carbonyl (C=O) groups is 1. The third-order valence-electron chi connectivity index (χ3n) is 6.39. The van der Waals surface area contributed by atoms with Crippen LogP contribution < -0.4 is 15.1 Å². The number of hydrogen-bond acceptors (Lipinski definition) is 5. The maximum Gasteiger partial charge on any atom is 0.223 e. The average Bonchev–Trinajstić information content (AvgIpc) is 3.30. The van der Waals surface area contributed by atoms with Crippen LogP contribution in [0.1, 0.15) is 57.8 Å². The van der Waals surface area contributed by atoms with E-state index in [4.69, 9.17) is 0 Å². The zero-order valence-electron chi connectivity index (χ0n) is 16.9.